The lowest BCUT2D eigenvalue weighted by Crippen LogP contribution is -1.94. The van der Waals surface area contributed by atoms with Gasteiger partial charge >= 0.3 is 0 Å². The first kappa shape index (κ1) is 105. The van der Waals surface area contributed by atoms with Gasteiger partial charge in [0.2, 0.25) is 0 Å². The smallest absolute Gasteiger partial charge is 0.136 e. The summed E-state index contributed by atoms with van der Waals surface area (Å²) in [5.74, 6) is 3.45. The van der Waals surface area contributed by atoms with Crippen LogP contribution in [0.1, 0.15) is 183 Å². The number of fused-ring (bicyclic) bond motifs is 6. The zero-order chi connectivity index (χ0) is 104. The van der Waals surface area contributed by atoms with Gasteiger partial charge in [0.25, 0.3) is 0 Å². The Morgan fingerprint density at radius 1 is 0.209 bits per heavy atom. The van der Waals surface area contributed by atoms with Crippen LogP contribution in [-0.2, 0) is 12.8 Å². The van der Waals surface area contributed by atoms with E-state index in [4.69, 9.17) is 17.6 Å². The molecule has 24 rings (SSSR count). The average Bonchev–Trinajstić information content (AvgIpc) is 1.59. The van der Waals surface area contributed by atoms with E-state index >= 15 is 0 Å². The van der Waals surface area contributed by atoms with E-state index in [2.05, 4.69) is 340 Å². The molecule has 0 radical (unpaired) electrons. The van der Waals surface area contributed by atoms with Crippen molar-refractivity contribution in [3.05, 3.63) is 299 Å². The molecular formula is C120H116N12O2S14. The number of hydrogen-bond donors (Lipinski definition) is 0. The Hall–Kier alpha value is -11.2. The van der Waals surface area contributed by atoms with Gasteiger partial charge in [0.15, 0.2) is 0 Å². The first-order chi connectivity index (χ1) is 71.6. The minimum Gasteiger partial charge on any atom is -0.461 e. The summed E-state index contributed by atoms with van der Waals surface area (Å²) in [4.78, 5) is 21.2. The molecule has 0 bridgehead atoms. The number of rotatable bonds is 22. The molecule has 752 valence electrons. The quantitative estimate of drug-likeness (QED) is 0.0585. The van der Waals surface area contributed by atoms with Gasteiger partial charge in [-0.3, -0.25) is 0 Å². The molecule has 0 spiro atoms. The van der Waals surface area contributed by atoms with Crippen LogP contribution in [0, 0.1) is 138 Å². The number of nitrogens with zero attached hydrogens (tertiary/aromatic N) is 12. The molecule has 16 aromatic heterocycles. The van der Waals surface area contributed by atoms with E-state index in [1.165, 1.54) is 329 Å². The molecule has 28 heteroatoms. The Labute approximate surface area is 923 Å². The van der Waals surface area contributed by atoms with Gasteiger partial charge in [-0.05, 0) is 352 Å². The van der Waals surface area contributed by atoms with Crippen LogP contribution in [0.2, 0.25) is 0 Å². The van der Waals surface area contributed by atoms with E-state index < -0.39 is 0 Å². The zero-order valence-electron chi connectivity index (χ0n) is 87.3. The number of benzene rings is 8. The fourth-order valence-corrected chi connectivity index (χ4v) is 30.7. The summed E-state index contributed by atoms with van der Waals surface area (Å²) in [6.07, 6.45) is 12.9. The van der Waals surface area contributed by atoms with Crippen LogP contribution < -0.4 is 0 Å². The number of unbranched alkanes of at least 4 members (excludes halogenated alkanes) is 6. The molecule has 0 atom stereocenters. The molecule has 0 fully saturated rings. The molecule has 0 aliphatic heterocycles. The summed E-state index contributed by atoms with van der Waals surface area (Å²) >= 11 is 22.5. The predicted molar refractivity (Wildman–Crippen MR) is 648 cm³/mol. The highest BCUT2D eigenvalue weighted by molar-refractivity contribution is 7.18. The fraction of sp³-hybridized carbons (Fsp3) is 0.267. The van der Waals surface area contributed by atoms with Crippen molar-refractivity contribution in [3.63, 3.8) is 0 Å². The van der Waals surface area contributed by atoms with E-state index in [0.717, 1.165) is 117 Å². The van der Waals surface area contributed by atoms with Crippen molar-refractivity contribution in [2.75, 3.05) is 0 Å². The van der Waals surface area contributed by atoms with Crippen LogP contribution in [0.25, 0.3) is 195 Å². The number of aromatic nitrogens is 12. The van der Waals surface area contributed by atoms with Crippen molar-refractivity contribution < 1.29 is 8.83 Å². The first-order valence-electron chi connectivity index (χ1n) is 50.0. The average molecular weight is 2210 g/mol. The van der Waals surface area contributed by atoms with Gasteiger partial charge in [-0.2, -0.15) is 52.5 Å². The number of thiophene rings is 8. The normalized spacial score (nSPS) is 11.4. The number of furan rings is 2. The van der Waals surface area contributed by atoms with Gasteiger partial charge in [-0.15, -0.1) is 90.7 Å². The van der Waals surface area contributed by atoms with Crippen molar-refractivity contribution >= 4 is 227 Å². The van der Waals surface area contributed by atoms with E-state index in [1.807, 2.05) is 106 Å². The van der Waals surface area contributed by atoms with Gasteiger partial charge in [-0.1, -0.05) is 124 Å². The van der Waals surface area contributed by atoms with Crippen molar-refractivity contribution in [2.24, 2.45) is 0 Å². The summed E-state index contributed by atoms with van der Waals surface area (Å²) in [6.45, 7) is 47.6. The maximum atomic E-state index is 5.85. The highest BCUT2D eigenvalue weighted by Gasteiger charge is 2.29. The number of hydrogen-bond acceptors (Lipinski definition) is 28. The second kappa shape index (κ2) is 46.3. The predicted octanol–water partition coefficient (Wildman–Crippen LogP) is 40.2. The molecular weight excluding hydrogens is 2090 g/mol. The van der Waals surface area contributed by atoms with Crippen molar-refractivity contribution in [3.8, 4) is 128 Å². The number of aryl methyl sites for hydroxylation is 16. The summed E-state index contributed by atoms with van der Waals surface area (Å²) in [5, 5.41) is 0. The molecule has 0 amide bonds. The van der Waals surface area contributed by atoms with Gasteiger partial charge in [0.05, 0.1) is 70.4 Å². The molecule has 8 aromatic carbocycles. The monoisotopic (exact) mass is 2200 g/mol. The topological polar surface area (TPSA) is 181 Å². The Morgan fingerprint density at radius 2 is 0.486 bits per heavy atom. The molecule has 24 aromatic rings. The van der Waals surface area contributed by atoms with Gasteiger partial charge < -0.3 is 8.83 Å². The summed E-state index contributed by atoms with van der Waals surface area (Å²) in [5.41, 5.74) is 44.5. The minimum atomic E-state index is 0.836. The highest BCUT2D eigenvalue weighted by atomic mass is 32.2. The zero-order valence-corrected chi connectivity index (χ0v) is 98.7. The van der Waals surface area contributed by atoms with Gasteiger partial charge in [-0.25, -0.2) is 0 Å². The second-order valence-electron chi connectivity index (χ2n) is 38.2. The Bertz CT molecular complexity index is 8370. The highest BCUT2D eigenvalue weighted by Crippen LogP contribution is 2.51. The molecule has 0 aliphatic rings. The SMILES string of the molecule is CCCCCCc1cc(-c2c(C)c(C)c(-c3cc(CCCCCC)c(C)s3)c3nsnc23)sc1C.Cc1ccc(-c2c(C)c(C)c(-c3ccc(C)o3)c3nsnc23)o1.Cc1ccc(-c2c(C)c(C)c(-c3ccc(C)s3)c3nsnc23)s1.Cc1ccc(-c2cc(C)c(-c3ccc(C)cc3)c3nsnc23)cc1.Cc1ccc(-c2cc(C)c(-c3ccc(C)s3)c3nsnc23)s1.Cc1ccc(-c2ccc(-c3ccc(C)s3)c3nsnc23)s1. The summed E-state index contributed by atoms with van der Waals surface area (Å²) < 4.78 is 67.2. The molecule has 16 heterocycles. The van der Waals surface area contributed by atoms with E-state index in [1.54, 1.807) is 22.7 Å². The summed E-state index contributed by atoms with van der Waals surface area (Å²) in [6, 6.07) is 65.0. The van der Waals surface area contributed by atoms with Gasteiger partial charge in [0, 0.05) is 145 Å². The standard InChI is InChI=1S/C30H40N2S3.C21H18N2S.C18H16N2O2S.C18H16N2S3.C17H14N2S3.C16H12N2S3/c1-7-9-11-13-15-23-17-25(33-21(23)5)27-19(3)20(4)28(30-29(27)31-35-32-30)26-18-24(22(6)34-26)16-14-12-10-8-2;1-13-4-8-16(9-5-13)18-12-15(3)19(21-20(18)22-24-23-21)17-10-6-14(2)7-11-17;2*1-9-5-7-13(21-9)15-11(3)12(4)16(14-8-6-10(2)22-14)18-17(15)19-23-20-18;1-9-8-12(13-6-4-10(2)20-13)16-17(19-22-18-16)15(9)14-7-5-11(3)21-14;1-9-3-7-13(19-9)11-5-6-12(14-8-4-10(2)20-14)16-15(11)17-21-18-16/h17-18H,7-16H2,1-6H3;4-12H,1-3H3;2*5-8H,1-4H3;4-8H,1-3H3;3-8H,1-2H3. The Morgan fingerprint density at radius 3 is 0.824 bits per heavy atom. The lowest BCUT2D eigenvalue weighted by Gasteiger charge is -2.13. The van der Waals surface area contributed by atoms with Crippen LogP contribution in [0.5, 0.6) is 0 Å². The fourth-order valence-electron chi connectivity index (χ4n) is 19.3. The maximum Gasteiger partial charge on any atom is 0.136 e. The summed E-state index contributed by atoms with van der Waals surface area (Å²) in [7, 11) is 0. The lowest BCUT2D eigenvalue weighted by molar-refractivity contribution is 0.547. The van der Waals surface area contributed by atoms with Crippen LogP contribution in [-0.4, -0.2) is 52.5 Å². The minimum absolute atomic E-state index is 0.836. The largest absolute Gasteiger partial charge is 0.461 e. The van der Waals surface area contributed by atoms with E-state index in [-0.39, 0.29) is 0 Å². The molecule has 0 saturated carbocycles. The first-order valence-corrected chi connectivity index (χ1v) is 60.9. The van der Waals surface area contributed by atoms with Crippen LogP contribution in [0.15, 0.2) is 191 Å². The molecule has 0 saturated heterocycles. The molecule has 14 nitrogen and oxygen atoms in total. The molecule has 148 heavy (non-hydrogen) atoms. The second-order valence-corrected chi connectivity index (χ2v) is 51.6. The lowest BCUT2D eigenvalue weighted by atomic mass is 9.93. The third-order valence-electron chi connectivity index (χ3n) is 27.5. The molecule has 0 N–H and O–H groups in total. The molecule has 0 unspecified atom stereocenters. The van der Waals surface area contributed by atoms with E-state index in [9.17, 15) is 0 Å². The van der Waals surface area contributed by atoms with Gasteiger partial charge in [0.1, 0.15) is 89.2 Å². The third kappa shape index (κ3) is 22.2. The van der Waals surface area contributed by atoms with Crippen molar-refractivity contribution in [1.82, 2.24) is 52.5 Å². The Balaban J connectivity index is 0.000000113. The molecule has 0 aliphatic carbocycles. The van der Waals surface area contributed by atoms with Crippen molar-refractivity contribution in [2.45, 2.75) is 217 Å². The maximum absolute atomic E-state index is 5.85. The van der Waals surface area contributed by atoms with Crippen LogP contribution in [0.4, 0.5) is 0 Å². The van der Waals surface area contributed by atoms with Crippen LogP contribution >= 0.6 is 161 Å². The third-order valence-corrected chi connectivity index (χ3v) is 39.0. The van der Waals surface area contributed by atoms with Crippen LogP contribution in [0.3, 0.4) is 0 Å². The Kier molecular flexibility index (Phi) is 33.0. The van der Waals surface area contributed by atoms with Crippen molar-refractivity contribution in [1.29, 1.82) is 0 Å². The van der Waals surface area contributed by atoms with E-state index in [0.29, 0.717) is 0 Å².